The SMILES string of the molecule is C=C/C=N\c1c(C(=O)NC(C)c2nc3cccc(C#Cc4cnc(C)s4)c3c(=O)n2-c2ccccc2)c(N)nn1C. The first kappa shape index (κ1) is 27.2. The summed E-state index contributed by atoms with van der Waals surface area (Å²) in [5.41, 5.74) is 7.47. The van der Waals surface area contributed by atoms with Crippen LogP contribution >= 0.6 is 11.3 Å². The number of thiazole rings is 1. The fraction of sp³-hybridized carbons (Fsp3) is 0.133. The van der Waals surface area contributed by atoms with Gasteiger partial charge in [-0.1, -0.05) is 42.8 Å². The van der Waals surface area contributed by atoms with Gasteiger partial charge in [0.1, 0.15) is 11.4 Å². The Morgan fingerprint density at radius 2 is 1.98 bits per heavy atom. The first-order valence-electron chi connectivity index (χ1n) is 12.6. The molecule has 0 aliphatic heterocycles. The number of fused-ring (bicyclic) bond motifs is 1. The molecule has 0 saturated carbocycles. The smallest absolute Gasteiger partial charge is 0.267 e. The molecule has 5 aromatic rings. The highest BCUT2D eigenvalue weighted by Gasteiger charge is 2.25. The first-order valence-corrected chi connectivity index (χ1v) is 13.4. The number of hydrogen-bond acceptors (Lipinski definition) is 8. The summed E-state index contributed by atoms with van der Waals surface area (Å²) in [6, 6.07) is 13.8. The third-order valence-corrected chi connectivity index (χ3v) is 7.02. The molecule has 3 aromatic heterocycles. The van der Waals surface area contributed by atoms with Crippen LogP contribution in [0, 0.1) is 18.8 Å². The predicted molar refractivity (Wildman–Crippen MR) is 162 cm³/mol. The van der Waals surface area contributed by atoms with Crippen LogP contribution in [-0.2, 0) is 7.05 Å². The first-order chi connectivity index (χ1) is 19.8. The lowest BCUT2D eigenvalue weighted by atomic mass is 10.1. The van der Waals surface area contributed by atoms with E-state index in [1.165, 1.54) is 32.9 Å². The van der Waals surface area contributed by atoms with Crippen LogP contribution in [0.5, 0.6) is 0 Å². The molecule has 204 valence electrons. The minimum atomic E-state index is -0.703. The van der Waals surface area contributed by atoms with Gasteiger partial charge in [0.25, 0.3) is 11.5 Å². The number of aromatic nitrogens is 5. The Kier molecular flexibility index (Phi) is 7.58. The molecule has 3 heterocycles. The molecule has 41 heavy (non-hydrogen) atoms. The molecule has 0 saturated heterocycles. The predicted octanol–water partition coefficient (Wildman–Crippen LogP) is 4.25. The number of nitrogen functional groups attached to an aromatic ring is 1. The molecule has 0 spiro atoms. The minimum absolute atomic E-state index is 0.0275. The number of para-hydroxylation sites is 1. The molecule has 5 rings (SSSR count). The van der Waals surface area contributed by atoms with Gasteiger partial charge in [-0.25, -0.2) is 19.6 Å². The molecule has 0 bridgehead atoms. The standard InChI is InChI=1S/C30H26N8O2S/c1-5-16-32-28-25(26(31)36-37(28)4)29(39)34-18(2)27-35-23-13-9-10-20(14-15-22-17-33-19(3)41-22)24(23)30(40)38(27)21-11-7-6-8-12-21/h5-13,16-18H,1H2,2-4H3,(H2,31,36)(H,34,39)/b32-16-. The van der Waals surface area contributed by atoms with Gasteiger partial charge >= 0.3 is 0 Å². The van der Waals surface area contributed by atoms with Crippen LogP contribution in [0.1, 0.15) is 44.6 Å². The lowest BCUT2D eigenvalue weighted by Gasteiger charge is -2.20. The van der Waals surface area contributed by atoms with Crippen molar-refractivity contribution in [3.05, 3.63) is 105 Å². The van der Waals surface area contributed by atoms with Crippen molar-refractivity contribution in [2.45, 2.75) is 19.9 Å². The second-order valence-electron chi connectivity index (χ2n) is 9.06. The van der Waals surface area contributed by atoms with Crippen LogP contribution in [-0.4, -0.2) is 36.4 Å². The maximum atomic E-state index is 14.1. The molecule has 10 nitrogen and oxygen atoms in total. The van der Waals surface area contributed by atoms with Crippen molar-refractivity contribution in [3.8, 4) is 17.5 Å². The molecule has 1 unspecified atom stereocenters. The number of nitrogens with one attached hydrogen (secondary N) is 1. The van der Waals surface area contributed by atoms with Gasteiger partial charge in [-0.2, -0.15) is 5.10 Å². The lowest BCUT2D eigenvalue weighted by Crippen LogP contribution is -2.33. The van der Waals surface area contributed by atoms with Crippen molar-refractivity contribution in [1.29, 1.82) is 0 Å². The van der Waals surface area contributed by atoms with Crippen LogP contribution in [0.4, 0.5) is 11.6 Å². The zero-order valence-corrected chi connectivity index (χ0v) is 23.4. The van der Waals surface area contributed by atoms with Crippen molar-refractivity contribution in [3.63, 3.8) is 0 Å². The number of nitrogens with zero attached hydrogens (tertiary/aromatic N) is 6. The summed E-state index contributed by atoms with van der Waals surface area (Å²) in [6.07, 6.45) is 4.65. The molecule has 0 fully saturated rings. The van der Waals surface area contributed by atoms with E-state index in [2.05, 4.69) is 38.8 Å². The number of hydrogen-bond donors (Lipinski definition) is 2. The van der Waals surface area contributed by atoms with Crippen molar-refractivity contribution in [1.82, 2.24) is 29.6 Å². The number of amides is 1. The molecule has 11 heteroatoms. The zero-order chi connectivity index (χ0) is 29.1. The highest BCUT2D eigenvalue weighted by Crippen LogP contribution is 2.26. The Labute approximate surface area is 239 Å². The van der Waals surface area contributed by atoms with Gasteiger partial charge in [-0.05, 0) is 44.0 Å². The van der Waals surface area contributed by atoms with E-state index in [4.69, 9.17) is 10.7 Å². The number of carbonyl (C=O) groups is 1. The van der Waals surface area contributed by atoms with E-state index in [1.54, 1.807) is 38.4 Å². The van der Waals surface area contributed by atoms with E-state index in [0.717, 1.165) is 9.88 Å². The van der Waals surface area contributed by atoms with Crippen LogP contribution in [0.15, 0.2) is 77.2 Å². The third kappa shape index (κ3) is 5.41. The Hall–Kier alpha value is -5.34. The van der Waals surface area contributed by atoms with Crippen LogP contribution in [0.25, 0.3) is 16.6 Å². The zero-order valence-electron chi connectivity index (χ0n) is 22.6. The fourth-order valence-corrected chi connectivity index (χ4v) is 5.01. The van der Waals surface area contributed by atoms with Gasteiger partial charge in [-0.15, -0.1) is 11.3 Å². The molecule has 2 aromatic carbocycles. The summed E-state index contributed by atoms with van der Waals surface area (Å²) < 4.78 is 2.91. The van der Waals surface area contributed by atoms with Gasteiger partial charge in [-0.3, -0.25) is 14.2 Å². The molecule has 1 atom stereocenters. The van der Waals surface area contributed by atoms with Crippen molar-refractivity contribution >= 4 is 46.0 Å². The van der Waals surface area contributed by atoms with Gasteiger partial charge in [0.05, 0.1) is 38.7 Å². The highest BCUT2D eigenvalue weighted by molar-refractivity contribution is 7.12. The topological polar surface area (TPSA) is 133 Å². The van der Waals surface area contributed by atoms with Crippen LogP contribution in [0.3, 0.4) is 0 Å². The molecule has 0 radical (unpaired) electrons. The quantitative estimate of drug-likeness (QED) is 0.235. The minimum Gasteiger partial charge on any atom is -0.381 e. The number of nitrogens with two attached hydrogens (primary N) is 1. The number of aliphatic imine (C=N–C) groups is 1. The van der Waals surface area contributed by atoms with E-state index in [0.29, 0.717) is 28.0 Å². The van der Waals surface area contributed by atoms with E-state index in [9.17, 15) is 9.59 Å². The summed E-state index contributed by atoms with van der Waals surface area (Å²) in [6.45, 7) is 7.28. The maximum absolute atomic E-state index is 14.1. The van der Waals surface area contributed by atoms with Crippen LogP contribution in [0.2, 0.25) is 0 Å². The van der Waals surface area contributed by atoms with Gasteiger partial charge < -0.3 is 11.1 Å². The number of carbonyl (C=O) groups excluding carboxylic acids is 1. The third-order valence-electron chi connectivity index (χ3n) is 6.19. The van der Waals surface area contributed by atoms with Gasteiger partial charge in [0, 0.05) is 18.8 Å². The van der Waals surface area contributed by atoms with E-state index < -0.39 is 11.9 Å². The Morgan fingerprint density at radius 3 is 2.68 bits per heavy atom. The molecular weight excluding hydrogens is 536 g/mol. The van der Waals surface area contributed by atoms with Crippen LogP contribution < -0.4 is 16.6 Å². The molecule has 1 amide bonds. The van der Waals surface area contributed by atoms with Crippen molar-refractivity contribution in [2.75, 3.05) is 5.73 Å². The summed E-state index contributed by atoms with van der Waals surface area (Å²) in [5, 5.41) is 8.35. The Bertz CT molecular complexity index is 1940. The summed E-state index contributed by atoms with van der Waals surface area (Å²) >= 11 is 1.48. The summed E-state index contributed by atoms with van der Waals surface area (Å²) in [4.78, 5) is 41.7. The molecule has 3 N–H and O–H groups in total. The normalized spacial score (nSPS) is 11.8. The summed E-state index contributed by atoms with van der Waals surface area (Å²) in [5.74, 6) is 6.36. The summed E-state index contributed by atoms with van der Waals surface area (Å²) in [7, 11) is 1.64. The van der Waals surface area contributed by atoms with E-state index >= 15 is 0 Å². The van der Waals surface area contributed by atoms with E-state index in [1.807, 2.05) is 37.3 Å². The maximum Gasteiger partial charge on any atom is 0.267 e. The number of aryl methyl sites for hydroxylation is 2. The van der Waals surface area contributed by atoms with Crippen molar-refractivity contribution < 1.29 is 4.79 Å². The average molecular weight is 563 g/mol. The Balaban J connectivity index is 1.63. The van der Waals surface area contributed by atoms with Gasteiger partial charge in [0.15, 0.2) is 11.6 Å². The monoisotopic (exact) mass is 562 g/mol. The highest BCUT2D eigenvalue weighted by atomic mass is 32.1. The largest absolute Gasteiger partial charge is 0.381 e. The lowest BCUT2D eigenvalue weighted by molar-refractivity contribution is 0.0939. The fourth-order valence-electron chi connectivity index (χ4n) is 4.37. The second-order valence-corrected chi connectivity index (χ2v) is 10.3. The molecule has 0 aliphatic rings. The van der Waals surface area contributed by atoms with E-state index in [-0.39, 0.29) is 22.8 Å². The Morgan fingerprint density at radius 1 is 1.20 bits per heavy atom. The number of anilines is 1. The molecular formula is C30H26N8O2S. The van der Waals surface area contributed by atoms with Crippen molar-refractivity contribution in [2.24, 2.45) is 12.0 Å². The second kappa shape index (κ2) is 11.4. The van der Waals surface area contributed by atoms with Gasteiger partial charge in [0.2, 0.25) is 0 Å². The molecule has 0 aliphatic carbocycles. The number of allylic oxidation sites excluding steroid dienone is 1. The number of benzene rings is 2. The number of rotatable bonds is 6. The average Bonchev–Trinajstić information content (AvgIpc) is 3.51.